The lowest BCUT2D eigenvalue weighted by Crippen LogP contribution is -2.59. The predicted octanol–water partition coefficient (Wildman–Crippen LogP) is 3.15. The monoisotopic (exact) mass is 391 g/mol. The number of rotatable bonds is 3. The van der Waals surface area contributed by atoms with E-state index in [9.17, 15) is 9.59 Å². The van der Waals surface area contributed by atoms with Crippen molar-refractivity contribution in [3.63, 3.8) is 0 Å². The van der Waals surface area contributed by atoms with Gasteiger partial charge < -0.3 is 20.3 Å². The Bertz CT molecular complexity index is 958. The minimum Gasteiger partial charge on any atom is -0.497 e. The number of hydrogen-bond acceptors (Lipinski definition) is 4. The van der Waals surface area contributed by atoms with Crippen LogP contribution in [0, 0.1) is 0 Å². The number of benzene rings is 2. The van der Waals surface area contributed by atoms with E-state index in [4.69, 9.17) is 4.74 Å². The fourth-order valence-electron chi connectivity index (χ4n) is 4.66. The summed E-state index contributed by atoms with van der Waals surface area (Å²) in [5.74, 6) is 0.986. The maximum absolute atomic E-state index is 13.4. The molecule has 2 aromatic rings. The van der Waals surface area contributed by atoms with Gasteiger partial charge in [0.2, 0.25) is 11.8 Å². The Morgan fingerprint density at radius 2 is 1.62 bits per heavy atom. The number of amides is 2. The van der Waals surface area contributed by atoms with Gasteiger partial charge in [0.05, 0.1) is 23.9 Å². The molecule has 0 unspecified atom stereocenters. The van der Waals surface area contributed by atoms with E-state index in [1.165, 1.54) is 0 Å². The second-order valence-corrected chi connectivity index (χ2v) is 8.31. The average Bonchev–Trinajstić information content (AvgIpc) is 3.57. The van der Waals surface area contributed by atoms with Gasteiger partial charge in [0.15, 0.2) is 0 Å². The zero-order valence-electron chi connectivity index (χ0n) is 16.5. The molecule has 3 aliphatic rings. The molecule has 2 fully saturated rings. The Morgan fingerprint density at radius 1 is 0.966 bits per heavy atom. The number of fused-ring (bicyclic) bond motifs is 1. The molecule has 1 spiro atoms. The van der Waals surface area contributed by atoms with Crippen molar-refractivity contribution in [1.29, 1.82) is 0 Å². The molecule has 0 atom stereocenters. The highest BCUT2D eigenvalue weighted by molar-refractivity contribution is 6.06. The van der Waals surface area contributed by atoms with Crippen LogP contribution in [0.3, 0.4) is 0 Å². The number of piperidine rings is 1. The van der Waals surface area contributed by atoms with E-state index in [1.807, 2.05) is 53.4 Å². The average molecular weight is 391 g/mol. The van der Waals surface area contributed by atoms with Crippen LogP contribution in [0.15, 0.2) is 48.5 Å². The Kier molecular flexibility index (Phi) is 4.05. The van der Waals surface area contributed by atoms with Crippen molar-refractivity contribution in [2.24, 2.45) is 0 Å². The van der Waals surface area contributed by atoms with Crippen molar-refractivity contribution in [3.05, 3.63) is 54.1 Å². The molecule has 2 heterocycles. The first-order chi connectivity index (χ1) is 14.1. The predicted molar refractivity (Wildman–Crippen MR) is 111 cm³/mol. The van der Waals surface area contributed by atoms with E-state index in [-0.39, 0.29) is 11.8 Å². The highest BCUT2D eigenvalue weighted by Gasteiger charge is 2.54. The van der Waals surface area contributed by atoms with Gasteiger partial charge in [-0.1, -0.05) is 24.3 Å². The van der Waals surface area contributed by atoms with Gasteiger partial charge in [0.25, 0.3) is 0 Å². The van der Waals surface area contributed by atoms with Gasteiger partial charge in [-0.3, -0.25) is 9.59 Å². The minimum absolute atomic E-state index is 0.000381. The highest BCUT2D eigenvalue weighted by Crippen LogP contribution is 2.50. The van der Waals surface area contributed by atoms with E-state index in [2.05, 4.69) is 10.6 Å². The van der Waals surface area contributed by atoms with Gasteiger partial charge in [-0.15, -0.1) is 0 Å². The van der Waals surface area contributed by atoms with Crippen molar-refractivity contribution in [3.8, 4) is 5.75 Å². The van der Waals surface area contributed by atoms with Crippen LogP contribution in [-0.4, -0.2) is 42.5 Å². The fourth-order valence-corrected chi connectivity index (χ4v) is 4.66. The third-order valence-corrected chi connectivity index (χ3v) is 6.69. The number of nitrogens with one attached hydrogen (secondary N) is 2. The van der Waals surface area contributed by atoms with Gasteiger partial charge in [-0.2, -0.15) is 0 Å². The SMILES string of the molecule is COc1ccc(C2(C(=O)N3CCC4(CC3)Nc3ccccc3NC4=O)CC2)cc1. The summed E-state index contributed by atoms with van der Waals surface area (Å²) in [6.07, 6.45) is 2.98. The maximum Gasteiger partial charge on any atom is 0.250 e. The molecule has 2 N–H and O–H groups in total. The van der Waals surface area contributed by atoms with Crippen molar-refractivity contribution in [2.45, 2.75) is 36.6 Å². The van der Waals surface area contributed by atoms with Gasteiger partial charge in [0.1, 0.15) is 11.3 Å². The van der Waals surface area contributed by atoms with Crippen molar-refractivity contribution in [1.82, 2.24) is 4.90 Å². The first-order valence-electron chi connectivity index (χ1n) is 10.2. The van der Waals surface area contributed by atoms with Gasteiger partial charge in [-0.05, 0) is 55.5 Å². The number of carbonyl (C=O) groups is 2. The van der Waals surface area contributed by atoms with Crippen LogP contribution in [0.1, 0.15) is 31.2 Å². The van der Waals surface area contributed by atoms with Crippen molar-refractivity contribution in [2.75, 3.05) is 30.8 Å². The maximum atomic E-state index is 13.4. The second-order valence-electron chi connectivity index (χ2n) is 8.31. The van der Waals surface area contributed by atoms with Crippen molar-refractivity contribution < 1.29 is 14.3 Å². The van der Waals surface area contributed by atoms with E-state index in [0.717, 1.165) is 35.5 Å². The molecule has 6 heteroatoms. The topological polar surface area (TPSA) is 70.7 Å². The Labute approximate surface area is 170 Å². The Balaban J connectivity index is 1.30. The lowest BCUT2D eigenvalue weighted by Gasteiger charge is -2.45. The van der Waals surface area contributed by atoms with Gasteiger partial charge >= 0.3 is 0 Å². The van der Waals surface area contributed by atoms with E-state index in [1.54, 1.807) is 7.11 Å². The minimum atomic E-state index is -0.637. The zero-order valence-corrected chi connectivity index (χ0v) is 16.5. The third kappa shape index (κ3) is 2.85. The number of likely N-dealkylation sites (tertiary alicyclic amines) is 1. The molecule has 0 radical (unpaired) electrons. The van der Waals surface area contributed by atoms with E-state index in [0.29, 0.717) is 25.9 Å². The standard InChI is InChI=1S/C23H25N3O3/c1-29-17-8-6-16(7-9-17)22(10-11-22)21(28)26-14-12-23(13-15-26)20(27)24-18-4-2-3-5-19(18)25-23/h2-9,25H,10-15H2,1H3,(H,24,27). The molecule has 0 bridgehead atoms. The highest BCUT2D eigenvalue weighted by atomic mass is 16.5. The molecule has 1 saturated heterocycles. The summed E-state index contributed by atoms with van der Waals surface area (Å²) < 4.78 is 5.24. The number of anilines is 2. The van der Waals surface area contributed by atoms with E-state index < -0.39 is 11.0 Å². The molecule has 1 aliphatic carbocycles. The van der Waals surface area contributed by atoms with Gasteiger partial charge in [0, 0.05) is 13.1 Å². The van der Waals surface area contributed by atoms with Crippen LogP contribution in [0.25, 0.3) is 0 Å². The number of methoxy groups -OCH3 is 1. The molecule has 5 rings (SSSR count). The van der Waals surface area contributed by atoms with Gasteiger partial charge in [-0.25, -0.2) is 0 Å². The summed E-state index contributed by atoms with van der Waals surface area (Å²) >= 11 is 0. The Morgan fingerprint density at radius 3 is 2.24 bits per heavy atom. The van der Waals surface area contributed by atoms with Crippen LogP contribution in [-0.2, 0) is 15.0 Å². The lowest BCUT2D eigenvalue weighted by molar-refractivity contribution is -0.137. The van der Waals surface area contributed by atoms with Crippen LogP contribution in [0.2, 0.25) is 0 Å². The van der Waals surface area contributed by atoms with Crippen LogP contribution < -0.4 is 15.4 Å². The number of ether oxygens (including phenoxy) is 1. The summed E-state index contributed by atoms with van der Waals surface area (Å²) in [6, 6.07) is 15.6. The van der Waals surface area contributed by atoms with Crippen LogP contribution in [0.4, 0.5) is 11.4 Å². The molecular weight excluding hydrogens is 366 g/mol. The zero-order chi connectivity index (χ0) is 20.1. The second kappa shape index (κ2) is 6.51. The normalized spacial score (nSPS) is 21.0. The molecule has 1 saturated carbocycles. The molecule has 2 aliphatic heterocycles. The summed E-state index contributed by atoms with van der Waals surface area (Å²) in [5.41, 5.74) is 1.79. The summed E-state index contributed by atoms with van der Waals surface area (Å²) in [6.45, 7) is 1.17. The van der Waals surface area contributed by atoms with Crippen LogP contribution >= 0.6 is 0 Å². The van der Waals surface area contributed by atoms with E-state index >= 15 is 0 Å². The molecule has 29 heavy (non-hydrogen) atoms. The fraction of sp³-hybridized carbons (Fsp3) is 0.391. The van der Waals surface area contributed by atoms with Crippen LogP contribution in [0.5, 0.6) is 5.75 Å². The number of carbonyl (C=O) groups excluding carboxylic acids is 2. The Hall–Kier alpha value is -3.02. The smallest absolute Gasteiger partial charge is 0.250 e. The number of nitrogens with zero attached hydrogens (tertiary/aromatic N) is 1. The molecule has 6 nitrogen and oxygen atoms in total. The molecule has 150 valence electrons. The quantitative estimate of drug-likeness (QED) is 0.843. The molecular formula is C23H25N3O3. The van der Waals surface area contributed by atoms with Crippen molar-refractivity contribution >= 4 is 23.2 Å². The number of para-hydroxylation sites is 2. The molecule has 2 amide bonds. The first kappa shape index (κ1) is 18.0. The third-order valence-electron chi connectivity index (χ3n) is 6.69. The summed E-state index contributed by atoms with van der Waals surface area (Å²) in [7, 11) is 1.64. The molecule has 0 aromatic heterocycles. The largest absolute Gasteiger partial charge is 0.497 e. The number of hydrogen-bond donors (Lipinski definition) is 2. The molecule has 2 aromatic carbocycles. The lowest BCUT2D eigenvalue weighted by atomic mass is 9.83. The first-order valence-corrected chi connectivity index (χ1v) is 10.2. The summed E-state index contributed by atoms with van der Waals surface area (Å²) in [5, 5.41) is 6.48. The summed E-state index contributed by atoms with van der Waals surface area (Å²) in [4.78, 5) is 28.1.